The molecule has 21 heavy (non-hydrogen) atoms. The van der Waals surface area contributed by atoms with E-state index in [1.807, 2.05) is 6.07 Å². The van der Waals surface area contributed by atoms with E-state index >= 15 is 0 Å². The van der Waals surface area contributed by atoms with Crippen molar-refractivity contribution in [2.45, 2.75) is 51.6 Å². The van der Waals surface area contributed by atoms with Crippen LogP contribution in [0.15, 0.2) is 24.3 Å². The molecule has 0 aromatic heterocycles. The van der Waals surface area contributed by atoms with Gasteiger partial charge in [0.1, 0.15) is 5.82 Å². The Morgan fingerprint density at radius 1 is 1.24 bits per heavy atom. The third-order valence-electron chi connectivity index (χ3n) is 4.51. The Kier molecular flexibility index (Phi) is 6.65. The minimum absolute atomic E-state index is 0.138. The molecule has 3 heteroatoms. The van der Waals surface area contributed by atoms with Gasteiger partial charge in [-0.05, 0) is 50.0 Å². The van der Waals surface area contributed by atoms with Crippen LogP contribution in [0.4, 0.5) is 4.39 Å². The van der Waals surface area contributed by atoms with Gasteiger partial charge >= 0.3 is 0 Å². The summed E-state index contributed by atoms with van der Waals surface area (Å²) in [5.74, 6) is 0.576. The smallest absolute Gasteiger partial charge is 0.123 e. The van der Waals surface area contributed by atoms with Gasteiger partial charge in [-0.3, -0.25) is 0 Å². The molecule has 2 rings (SSSR count). The highest BCUT2D eigenvalue weighted by Gasteiger charge is 2.23. The minimum atomic E-state index is -0.138. The van der Waals surface area contributed by atoms with Gasteiger partial charge in [-0.1, -0.05) is 38.3 Å². The highest BCUT2D eigenvalue weighted by Crippen LogP contribution is 2.24. The standard InChI is InChI=1S/C18H29FN2/c1-3-20-18-11-6-4-5-9-16(18)14-21(2)13-15-8-7-10-17(19)12-15/h7-8,10,12,16,18,20H,3-6,9,11,13-14H2,1-2H3. The van der Waals surface area contributed by atoms with Crippen LogP contribution in [0.2, 0.25) is 0 Å². The van der Waals surface area contributed by atoms with E-state index in [2.05, 4.69) is 24.2 Å². The van der Waals surface area contributed by atoms with Gasteiger partial charge in [0, 0.05) is 19.1 Å². The van der Waals surface area contributed by atoms with E-state index in [0.29, 0.717) is 12.0 Å². The molecule has 2 atom stereocenters. The highest BCUT2D eigenvalue weighted by molar-refractivity contribution is 5.16. The molecule has 1 saturated carbocycles. The molecule has 0 spiro atoms. The van der Waals surface area contributed by atoms with Gasteiger partial charge in [0.05, 0.1) is 0 Å². The monoisotopic (exact) mass is 292 g/mol. The van der Waals surface area contributed by atoms with Gasteiger partial charge in [-0.2, -0.15) is 0 Å². The molecular formula is C18H29FN2. The molecule has 0 aliphatic heterocycles. The van der Waals surface area contributed by atoms with Crippen LogP contribution in [0.3, 0.4) is 0 Å². The number of benzene rings is 1. The largest absolute Gasteiger partial charge is 0.314 e. The fourth-order valence-corrected chi connectivity index (χ4v) is 3.55. The molecule has 1 fully saturated rings. The molecule has 0 heterocycles. The van der Waals surface area contributed by atoms with Crippen LogP contribution in [-0.2, 0) is 6.54 Å². The van der Waals surface area contributed by atoms with Crippen molar-refractivity contribution in [1.82, 2.24) is 10.2 Å². The predicted molar refractivity (Wildman–Crippen MR) is 86.8 cm³/mol. The molecule has 0 radical (unpaired) electrons. The van der Waals surface area contributed by atoms with E-state index in [4.69, 9.17) is 0 Å². The number of halogens is 1. The number of hydrogen-bond donors (Lipinski definition) is 1. The first kappa shape index (κ1) is 16.4. The Morgan fingerprint density at radius 3 is 2.81 bits per heavy atom. The summed E-state index contributed by atoms with van der Waals surface area (Å²) in [4.78, 5) is 2.34. The molecule has 0 bridgehead atoms. The van der Waals surface area contributed by atoms with Crippen LogP contribution < -0.4 is 5.32 Å². The quantitative estimate of drug-likeness (QED) is 0.802. The zero-order chi connectivity index (χ0) is 15.1. The Morgan fingerprint density at radius 2 is 2.05 bits per heavy atom. The SMILES string of the molecule is CCNC1CCCCCC1CN(C)Cc1cccc(F)c1. The normalized spacial score (nSPS) is 23.2. The van der Waals surface area contributed by atoms with Crippen molar-refractivity contribution in [3.05, 3.63) is 35.6 Å². The van der Waals surface area contributed by atoms with E-state index < -0.39 is 0 Å². The fourth-order valence-electron chi connectivity index (χ4n) is 3.55. The van der Waals surface area contributed by atoms with Crippen molar-refractivity contribution < 1.29 is 4.39 Å². The van der Waals surface area contributed by atoms with Gasteiger partial charge in [-0.15, -0.1) is 0 Å². The van der Waals surface area contributed by atoms with Crippen molar-refractivity contribution in [2.24, 2.45) is 5.92 Å². The minimum Gasteiger partial charge on any atom is -0.314 e. The van der Waals surface area contributed by atoms with Gasteiger partial charge in [0.25, 0.3) is 0 Å². The van der Waals surface area contributed by atoms with Crippen molar-refractivity contribution in [3.63, 3.8) is 0 Å². The molecular weight excluding hydrogens is 263 g/mol. The number of hydrogen-bond acceptors (Lipinski definition) is 2. The van der Waals surface area contributed by atoms with Crippen molar-refractivity contribution >= 4 is 0 Å². The second-order valence-electron chi connectivity index (χ2n) is 6.39. The Bertz CT molecular complexity index is 421. The van der Waals surface area contributed by atoms with Gasteiger partial charge in [0.2, 0.25) is 0 Å². The first-order chi connectivity index (χ1) is 10.2. The average Bonchev–Trinajstić information content (AvgIpc) is 2.65. The van der Waals surface area contributed by atoms with Crippen LogP contribution in [-0.4, -0.2) is 31.1 Å². The summed E-state index contributed by atoms with van der Waals surface area (Å²) in [6.07, 6.45) is 6.67. The van der Waals surface area contributed by atoms with E-state index in [1.165, 1.54) is 38.2 Å². The van der Waals surface area contributed by atoms with Gasteiger partial charge < -0.3 is 10.2 Å². The Hall–Kier alpha value is -0.930. The number of nitrogens with one attached hydrogen (secondary N) is 1. The zero-order valence-electron chi connectivity index (χ0n) is 13.4. The summed E-state index contributed by atoms with van der Waals surface area (Å²) < 4.78 is 13.3. The first-order valence-electron chi connectivity index (χ1n) is 8.35. The van der Waals surface area contributed by atoms with Crippen molar-refractivity contribution in [3.8, 4) is 0 Å². The summed E-state index contributed by atoms with van der Waals surface area (Å²) in [5, 5.41) is 3.67. The maximum Gasteiger partial charge on any atom is 0.123 e. The first-order valence-corrected chi connectivity index (χ1v) is 8.35. The zero-order valence-corrected chi connectivity index (χ0v) is 13.4. The third kappa shape index (κ3) is 5.40. The van der Waals surface area contributed by atoms with Gasteiger partial charge in [0.15, 0.2) is 0 Å². The lowest BCUT2D eigenvalue weighted by molar-refractivity contribution is 0.220. The Labute approximate surface area is 128 Å². The molecule has 2 nitrogen and oxygen atoms in total. The van der Waals surface area contributed by atoms with Crippen molar-refractivity contribution in [2.75, 3.05) is 20.1 Å². The van der Waals surface area contributed by atoms with Crippen LogP contribution in [0.25, 0.3) is 0 Å². The lowest BCUT2D eigenvalue weighted by Crippen LogP contribution is -2.40. The summed E-state index contributed by atoms with van der Waals surface area (Å²) >= 11 is 0. The summed E-state index contributed by atoms with van der Waals surface area (Å²) in [6.45, 7) is 5.16. The molecule has 1 N–H and O–H groups in total. The van der Waals surface area contributed by atoms with Crippen LogP contribution in [0.5, 0.6) is 0 Å². The fraction of sp³-hybridized carbons (Fsp3) is 0.667. The highest BCUT2D eigenvalue weighted by atomic mass is 19.1. The van der Waals surface area contributed by atoms with Gasteiger partial charge in [-0.25, -0.2) is 4.39 Å². The molecule has 1 aromatic carbocycles. The van der Waals surface area contributed by atoms with Crippen LogP contribution in [0.1, 0.15) is 44.6 Å². The average molecular weight is 292 g/mol. The Balaban J connectivity index is 1.91. The third-order valence-corrected chi connectivity index (χ3v) is 4.51. The summed E-state index contributed by atoms with van der Waals surface area (Å²) in [6, 6.07) is 7.61. The molecule has 0 saturated heterocycles. The van der Waals surface area contributed by atoms with E-state index in [-0.39, 0.29) is 5.82 Å². The molecule has 118 valence electrons. The second kappa shape index (κ2) is 8.50. The predicted octanol–water partition coefficient (Wildman–Crippen LogP) is 3.82. The maximum absolute atomic E-state index is 13.3. The van der Waals surface area contributed by atoms with E-state index in [9.17, 15) is 4.39 Å². The number of nitrogens with zero attached hydrogens (tertiary/aromatic N) is 1. The molecule has 2 unspecified atom stereocenters. The van der Waals surface area contributed by atoms with E-state index in [1.54, 1.807) is 12.1 Å². The molecule has 0 amide bonds. The second-order valence-corrected chi connectivity index (χ2v) is 6.39. The summed E-state index contributed by atoms with van der Waals surface area (Å²) in [5.41, 5.74) is 1.06. The van der Waals surface area contributed by atoms with Crippen LogP contribution in [0, 0.1) is 11.7 Å². The van der Waals surface area contributed by atoms with Crippen molar-refractivity contribution in [1.29, 1.82) is 0 Å². The molecule has 1 aromatic rings. The maximum atomic E-state index is 13.3. The lowest BCUT2D eigenvalue weighted by Gasteiger charge is -2.30. The molecule has 1 aliphatic rings. The number of rotatable bonds is 6. The lowest BCUT2D eigenvalue weighted by atomic mass is 9.94. The molecule has 1 aliphatic carbocycles. The summed E-state index contributed by atoms with van der Waals surface area (Å²) in [7, 11) is 2.15. The topological polar surface area (TPSA) is 15.3 Å². The van der Waals surface area contributed by atoms with E-state index in [0.717, 1.165) is 25.2 Å². The van der Waals surface area contributed by atoms with Crippen LogP contribution >= 0.6 is 0 Å².